The molecule has 0 aromatic heterocycles. The molecular weight excluding hydrogens is 206 g/mol. The smallest absolute Gasteiger partial charge is 0.199 e. The molecule has 0 heterocycles. The summed E-state index contributed by atoms with van der Waals surface area (Å²) >= 11 is 4.25. The molecule has 3 nitrogen and oxygen atoms in total. The Morgan fingerprint density at radius 3 is 2.54 bits per heavy atom. The molecule has 0 aliphatic heterocycles. The van der Waals surface area contributed by atoms with Crippen LogP contribution in [0.15, 0.2) is 33.6 Å². The second kappa shape index (κ2) is 3.79. The first-order chi connectivity index (χ1) is 6.08. The van der Waals surface area contributed by atoms with E-state index in [1.54, 1.807) is 25.1 Å². The topological polar surface area (TPSA) is 46.5 Å². The average Bonchev–Trinajstić information content (AvgIpc) is 2.04. The first-order valence-corrected chi connectivity index (χ1v) is 5.32. The quantitative estimate of drug-likeness (QED) is 0.555. The van der Waals surface area contributed by atoms with Gasteiger partial charge in [0.05, 0.1) is 10.1 Å². The van der Waals surface area contributed by atoms with Gasteiger partial charge in [0.25, 0.3) is 10.0 Å². The maximum atomic E-state index is 11.4. The summed E-state index contributed by atoms with van der Waals surface area (Å²) in [5, 5.41) is 1.85. The monoisotopic (exact) mass is 213 g/mol. The molecule has 68 valence electrons. The van der Waals surface area contributed by atoms with Gasteiger partial charge in [0.15, 0.2) is 0 Å². The van der Waals surface area contributed by atoms with Gasteiger partial charge in [-0.05, 0) is 30.8 Å². The van der Waals surface area contributed by atoms with Crippen molar-refractivity contribution >= 4 is 27.4 Å². The van der Waals surface area contributed by atoms with Crippen molar-refractivity contribution in [1.82, 2.24) is 0 Å². The lowest BCUT2D eigenvalue weighted by Crippen LogP contribution is -1.98. The van der Waals surface area contributed by atoms with Crippen molar-refractivity contribution in [2.75, 3.05) is 0 Å². The summed E-state index contributed by atoms with van der Waals surface area (Å²) in [5.41, 5.74) is 0.650. The van der Waals surface area contributed by atoms with Crippen molar-refractivity contribution in [2.24, 2.45) is 4.40 Å². The maximum absolute atomic E-state index is 11.4. The molecule has 0 amide bonds. The number of thiocarbonyl (C=S) groups is 1. The van der Waals surface area contributed by atoms with Gasteiger partial charge < -0.3 is 0 Å². The van der Waals surface area contributed by atoms with Crippen molar-refractivity contribution in [3.05, 3.63) is 29.8 Å². The number of rotatable bonds is 2. The molecule has 0 aliphatic rings. The van der Waals surface area contributed by atoms with E-state index in [0.717, 1.165) is 0 Å². The zero-order valence-corrected chi connectivity index (χ0v) is 8.52. The Bertz CT molecular complexity index is 459. The van der Waals surface area contributed by atoms with Gasteiger partial charge >= 0.3 is 0 Å². The van der Waals surface area contributed by atoms with E-state index < -0.39 is 10.0 Å². The van der Waals surface area contributed by atoms with Gasteiger partial charge in [-0.1, -0.05) is 18.2 Å². The van der Waals surface area contributed by atoms with Crippen LogP contribution in [-0.4, -0.2) is 13.6 Å². The lowest BCUT2D eigenvalue weighted by atomic mass is 10.2. The van der Waals surface area contributed by atoms with Crippen LogP contribution in [0.25, 0.3) is 0 Å². The zero-order chi connectivity index (χ0) is 9.90. The molecular formula is C8H7NO2S2. The van der Waals surface area contributed by atoms with Crippen LogP contribution in [-0.2, 0) is 10.0 Å². The number of hydrogen-bond acceptors (Lipinski definition) is 3. The summed E-state index contributed by atoms with van der Waals surface area (Å²) < 4.78 is 25.8. The van der Waals surface area contributed by atoms with Crippen molar-refractivity contribution in [3.63, 3.8) is 0 Å². The number of aryl methyl sites for hydroxylation is 1. The summed E-state index contributed by atoms with van der Waals surface area (Å²) in [7, 11) is -3.63. The first kappa shape index (κ1) is 10.1. The predicted octanol–water partition coefficient (Wildman–Crippen LogP) is 1.79. The van der Waals surface area contributed by atoms with Crippen molar-refractivity contribution in [2.45, 2.75) is 11.8 Å². The Labute approximate surface area is 82.2 Å². The molecule has 0 unspecified atom stereocenters. The van der Waals surface area contributed by atoms with Crippen LogP contribution in [0.1, 0.15) is 5.56 Å². The van der Waals surface area contributed by atoms with Gasteiger partial charge in [-0.2, -0.15) is 8.42 Å². The fourth-order valence-corrected chi connectivity index (χ4v) is 2.16. The highest BCUT2D eigenvalue weighted by atomic mass is 32.2. The van der Waals surface area contributed by atoms with E-state index in [9.17, 15) is 8.42 Å². The fraction of sp³-hybridized carbons (Fsp3) is 0.125. The van der Waals surface area contributed by atoms with Crippen molar-refractivity contribution < 1.29 is 8.42 Å². The van der Waals surface area contributed by atoms with E-state index in [4.69, 9.17) is 0 Å². The second-order valence-electron chi connectivity index (χ2n) is 2.42. The molecule has 0 aliphatic carbocycles. The molecule has 0 bridgehead atoms. The van der Waals surface area contributed by atoms with Gasteiger partial charge in [0, 0.05) is 0 Å². The van der Waals surface area contributed by atoms with E-state index >= 15 is 0 Å². The van der Waals surface area contributed by atoms with Crippen LogP contribution in [0, 0.1) is 6.92 Å². The molecule has 1 rings (SSSR count). The molecule has 0 radical (unpaired) electrons. The van der Waals surface area contributed by atoms with E-state index in [1.165, 1.54) is 6.07 Å². The van der Waals surface area contributed by atoms with Crippen molar-refractivity contribution in [1.29, 1.82) is 0 Å². The van der Waals surface area contributed by atoms with Gasteiger partial charge in [0.1, 0.15) is 0 Å². The molecule has 0 saturated heterocycles. The normalized spacial score (nSPS) is 10.5. The Morgan fingerprint density at radius 1 is 1.38 bits per heavy atom. The number of isothiocyanates is 1. The molecule has 0 saturated carbocycles. The fourth-order valence-electron chi connectivity index (χ4n) is 0.944. The average molecular weight is 213 g/mol. The minimum atomic E-state index is -3.63. The number of hydrogen-bond donors (Lipinski definition) is 0. The highest BCUT2D eigenvalue weighted by Gasteiger charge is 2.13. The summed E-state index contributed by atoms with van der Waals surface area (Å²) in [4.78, 5) is 0.173. The lowest BCUT2D eigenvalue weighted by molar-refractivity contribution is 0.597. The van der Waals surface area contributed by atoms with Crippen LogP contribution in [0.4, 0.5) is 0 Å². The van der Waals surface area contributed by atoms with Crippen LogP contribution < -0.4 is 0 Å². The summed E-state index contributed by atoms with van der Waals surface area (Å²) in [5.74, 6) is 0. The number of benzene rings is 1. The maximum Gasteiger partial charge on any atom is 0.290 e. The van der Waals surface area contributed by atoms with Crippen LogP contribution >= 0.6 is 12.2 Å². The third-order valence-electron chi connectivity index (χ3n) is 1.53. The highest BCUT2D eigenvalue weighted by Crippen LogP contribution is 2.15. The van der Waals surface area contributed by atoms with E-state index in [2.05, 4.69) is 16.6 Å². The largest absolute Gasteiger partial charge is 0.290 e. The Balaban J connectivity index is 3.39. The van der Waals surface area contributed by atoms with Gasteiger partial charge in [-0.3, -0.25) is 0 Å². The molecule has 13 heavy (non-hydrogen) atoms. The van der Waals surface area contributed by atoms with Gasteiger partial charge in [-0.15, -0.1) is 4.40 Å². The van der Waals surface area contributed by atoms with E-state index in [-0.39, 0.29) is 4.90 Å². The van der Waals surface area contributed by atoms with Crippen molar-refractivity contribution in [3.8, 4) is 0 Å². The zero-order valence-electron chi connectivity index (χ0n) is 6.89. The Kier molecular flexibility index (Phi) is 2.93. The first-order valence-electron chi connectivity index (χ1n) is 3.48. The van der Waals surface area contributed by atoms with Gasteiger partial charge in [0.2, 0.25) is 0 Å². The minimum absolute atomic E-state index is 0.173. The summed E-state index contributed by atoms with van der Waals surface area (Å²) in [6.45, 7) is 1.70. The van der Waals surface area contributed by atoms with Gasteiger partial charge in [-0.25, -0.2) is 0 Å². The highest BCUT2D eigenvalue weighted by molar-refractivity contribution is 7.91. The summed E-state index contributed by atoms with van der Waals surface area (Å²) in [6.07, 6.45) is 0. The molecule has 5 heteroatoms. The lowest BCUT2D eigenvalue weighted by Gasteiger charge is -1.99. The van der Waals surface area contributed by atoms with Crippen LogP contribution in [0.3, 0.4) is 0 Å². The molecule has 1 aromatic carbocycles. The van der Waals surface area contributed by atoms with Crippen LogP contribution in [0.2, 0.25) is 0 Å². The Morgan fingerprint density at radius 2 is 2.00 bits per heavy atom. The molecule has 0 atom stereocenters. The van der Waals surface area contributed by atoms with E-state index in [0.29, 0.717) is 5.56 Å². The molecule has 0 spiro atoms. The second-order valence-corrected chi connectivity index (χ2v) is 4.18. The molecule has 0 fully saturated rings. The number of nitrogens with zero attached hydrogens (tertiary/aromatic N) is 1. The number of sulfonamides is 1. The summed E-state index contributed by atoms with van der Waals surface area (Å²) in [6, 6.07) is 6.58. The Hall–Kier alpha value is -1.03. The third-order valence-corrected chi connectivity index (χ3v) is 3.08. The minimum Gasteiger partial charge on any atom is -0.199 e. The standard InChI is InChI=1S/C8H7NO2S2/c1-7-4-2-3-5-8(7)13(10,11)9-6-12/h2-5H,1H3. The molecule has 0 N–H and O–H groups in total. The third kappa shape index (κ3) is 2.21. The SMILES string of the molecule is Cc1ccccc1S(=O)(=O)N=C=S. The predicted molar refractivity (Wildman–Crippen MR) is 53.4 cm³/mol. The van der Waals surface area contributed by atoms with Crippen LogP contribution in [0.5, 0.6) is 0 Å². The van der Waals surface area contributed by atoms with E-state index in [1.807, 2.05) is 5.16 Å². The molecule has 1 aromatic rings.